The minimum atomic E-state index is -0.0808. The van der Waals surface area contributed by atoms with Crippen LogP contribution in [0, 0.1) is 5.92 Å². The van der Waals surface area contributed by atoms with Gasteiger partial charge in [-0.05, 0) is 50.3 Å². The molecule has 3 rings (SSSR count). The lowest BCUT2D eigenvalue weighted by Crippen LogP contribution is -2.45. The lowest BCUT2D eigenvalue weighted by molar-refractivity contribution is 0.0899. The van der Waals surface area contributed by atoms with E-state index < -0.39 is 0 Å². The van der Waals surface area contributed by atoms with Crippen LogP contribution in [0.1, 0.15) is 36.5 Å². The highest BCUT2D eigenvalue weighted by molar-refractivity contribution is 6.30. The highest BCUT2D eigenvalue weighted by Gasteiger charge is 2.25. The predicted octanol–water partition coefficient (Wildman–Crippen LogP) is 2.97. The summed E-state index contributed by atoms with van der Waals surface area (Å²) in [6, 6.07) is 5.38. The summed E-state index contributed by atoms with van der Waals surface area (Å²) in [6.07, 6.45) is 3.14. The molecule has 1 aromatic rings. The van der Waals surface area contributed by atoms with E-state index in [4.69, 9.17) is 21.1 Å². The lowest BCUT2D eigenvalue weighted by atomic mass is 10.0. The Balaban J connectivity index is 1.50. The molecule has 0 saturated carbocycles. The quantitative estimate of drug-likeness (QED) is 0.841. The first-order valence-corrected chi connectivity index (χ1v) is 9.56. The number of carbonyl (C=O) groups excluding carboxylic acids is 1. The molecule has 2 saturated heterocycles. The molecule has 0 radical (unpaired) electrons. The number of carbonyl (C=O) groups is 1. The number of ether oxygens (including phenoxy) is 2. The zero-order valence-corrected chi connectivity index (χ0v) is 15.6. The normalized spacial score (nSPS) is 22.1. The van der Waals surface area contributed by atoms with Crippen molar-refractivity contribution in [3.63, 3.8) is 0 Å². The molecule has 5 nitrogen and oxygen atoms in total. The van der Waals surface area contributed by atoms with E-state index in [1.807, 2.05) is 6.92 Å². The molecular weight excluding hydrogens is 340 g/mol. The average molecular weight is 367 g/mol. The lowest BCUT2D eigenvalue weighted by Gasteiger charge is -2.33. The maximum Gasteiger partial charge on any atom is 0.255 e. The van der Waals surface area contributed by atoms with Crippen LogP contribution in [-0.4, -0.2) is 56.3 Å². The van der Waals surface area contributed by atoms with Gasteiger partial charge in [0.05, 0.1) is 18.8 Å². The number of hydrogen-bond acceptors (Lipinski definition) is 4. The van der Waals surface area contributed by atoms with Crippen molar-refractivity contribution < 1.29 is 14.3 Å². The smallest absolute Gasteiger partial charge is 0.255 e. The third-order valence-electron chi connectivity index (χ3n) is 4.95. The molecule has 1 atom stereocenters. The van der Waals surface area contributed by atoms with Gasteiger partial charge >= 0.3 is 0 Å². The van der Waals surface area contributed by atoms with E-state index >= 15 is 0 Å². The van der Waals surface area contributed by atoms with Gasteiger partial charge in [0.15, 0.2) is 0 Å². The molecular formula is C19H27ClN2O3. The van der Waals surface area contributed by atoms with E-state index in [2.05, 4.69) is 10.2 Å². The Morgan fingerprint density at radius 2 is 2.16 bits per heavy atom. The van der Waals surface area contributed by atoms with Crippen LogP contribution in [-0.2, 0) is 4.74 Å². The van der Waals surface area contributed by atoms with E-state index in [9.17, 15) is 4.79 Å². The molecule has 2 fully saturated rings. The second-order valence-electron chi connectivity index (χ2n) is 6.85. The number of rotatable bonds is 6. The minimum Gasteiger partial charge on any atom is -0.493 e. The molecule has 0 spiro atoms. The largest absolute Gasteiger partial charge is 0.493 e. The fourth-order valence-electron chi connectivity index (χ4n) is 3.57. The van der Waals surface area contributed by atoms with Crippen LogP contribution in [0.25, 0.3) is 0 Å². The van der Waals surface area contributed by atoms with E-state index in [-0.39, 0.29) is 11.9 Å². The number of nitrogens with one attached hydrogen (secondary N) is 1. The Morgan fingerprint density at radius 3 is 2.84 bits per heavy atom. The molecule has 2 aliphatic heterocycles. The van der Waals surface area contributed by atoms with Crippen molar-refractivity contribution in [2.75, 3.05) is 39.5 Å². The van der Waals surface area contributed by atoms with E-state index in [0.717, 1.165) is 45.7 Å². The first kappa shape index (κ1) is 18.5. The minimum absolute atomic E-state index is 0.0808. The van der Waals surface area contributed by atoms with Gasteiger partial charge in [-0.2, -0.15) is 0 Å². The number of nitrogens with zero attached hydrogens (tertiary/aromatic N) is 1. The highest BCUT2D eigenvalue weighted by Crippen LogP contribution is 2.24. The number of halogens is 1. The first-order chi connectivity index (χ1) is 12.2. The summed E-state index contributed by atoms with van der Waals surface area (Å²) < 4.78 is 11.0. The fourth-order valence-corrected chi connectivity index (χ4v) is 3.74. The second kappa shape index (κ2) is 8.88. The topological polar surface area (TPSA) is 50.8 Å². The van der Waals surface area contributed by atoms with Crippen molar-refractivity contribution in [2.45, 2.75) is 32.2 Å². The van der Waals surface area contributed by atoms with Gasteiger partial charge in [-0.25, -0.2) is 0 Å². The molecule has 138 valence electrons. The molecule has 0 aliphatic carbocycles. The molecule has 0 bridgehead atoms. The molecule has 2 aliphatic rings. The summed E-state index contributed by atoms with van der Waals surface area (Å²) in [5.74, 6) is 1.14. The molecule has 0 aromatic heterocycles. The molecule has 0 unspecified atom stereocenters. The molecule has 1 amide bonds. The van der Waals surface area contributed by atoms with Gasteiger partial charge in [0, 0.05) is 37.3 Å². The molecule has 2 heterocycles. The van der Waals surface area contributed by atoms with Crippen molar-refractivity contribution in [3.8, 4) is 5.75 Å². The SMILES string of the molecule is CCOc1cc(Cl)ccc1C(=O)NC1CCN(C[C@H]2CCOC2)CC1. The zero-order valence-electron chi connectivity index (χ0n) is 14.8. The van der Waals surface area contributed by atoms with Crippen molar-refractivity contribution in [3.05, 3.63) is 28.8 Å². The summed E-state index contributed by atoms with van der Waals surface area (Å²) in [5.41, 5.74) is 0.553. The van der Waals surface area contributed by atoms with Crippen LogP contribution < -0.4 is 10.1 Å². The highest BCUT2D eigenvalue weighted by atomic mass is 35.5. The van der Waals surface area contributed by atoms with Gasteiger partial charge in [-0.15, -0.1) is 0 Å². The van der Waals surface area contributed by atoms with E-state index in [1.54, 1.807) is 18.2 Å². The van der Waals surface area contributed by atoms with Gasteiger partial charge in [0.2, 0.25) is 0 Å². The van der Waals surface area contributed by atoms with Crippen LogP contribution in [0.3, 0.4) is 0 Å². The molecule has 1 N–H and O–H groups in total. The van der Waals surface area contributed by atoms with E-state index in [0.29, 0.717) is 28.9 Å². The number of piperidine rings is 1. The van der Waals surface area contributed by atoms with E-state index in [1.165, 1.54) is 6.42 Å². The average Bonchev–Trinajstić information content (AvgIpc) is 3.10. The zero-order chi connectivity index (χ0) is 17.6. The van der Waals surface area contributed by atoms with Crippen molar-refractivity contribution in [1.82, 2.24) is 10.2 Å². The van der Waals surface area contributed by atoms with Crippen molar-refractivity contribution in [2.24, 2.45) is 5.92 Å². The summed E-state index contributed by atoms with van der Waals surface area (Å²) in [5, 5.41) is 3.73. The Morgan fingerprint density at radius 1 is 1.36 bits per heavy atom. The van der Waals surface area contributed by atoms with Crippen LogP contribution in [0.5, 0.6) is 5.75 Å². The summed E-state index contributed by atoms with van der Waals surface area (Å²) in [7, 11) is 0. The van der Waals surface area contributed by atoms with Crippen LogP contribution in [0.4, 0.5) is 0 Å². The maximum atomic E-state index is 12.6. The summed E-state index contributed by atoms with van der Waals surface area (Å²) in [6.45, 7) is 7.37. The first-order valence-electron chi connectivity index (χ1n) is 9.19. The molecule has 6 heteroatoms. The van der Waals surface area contributed by atoms with Gasteiger partial charge < -0.3 is 19.7 Å². The standard InChI is InChI=1S/C19H27ClN2O3/c1-2-25-18-11-15(20)3-4-17(18)19(23)21-16-5-8-22(9-6-16)12-14-7-10-24-13-14/h3-4,11,14,16H,2,5-10,12-13H2,1H3,(H,21,23)/t14-/m1/s1. The van der Waals surface area contributed by atoms with Gasteiger partial charge in [-0.3, -0.25) is 4.79 Å². The van der Waals surface area contributed by atoms with Gasteiger partial charge in [-0.1, -0.05) is 11.6 Å². The Bertz CT molecular complexity index is 582. The molecule has 1 aromatic carbocycles. The van der Waals surface area contributed by atoms with Crippen molar-refractivity contribution >= 4 is 17.5 Å². The van der Waals surface area contributed by atoms with Crippen LogP contribution in [0.15, 0.2) is 18.2 Å². The van der Waals surface area contributed by atoms with Crippen molar-refractivity contribution in [1.29, 1.82) is 0 Å². The summed E-state index contributed by atoms with van der Waals surface area (Å²) in [4.78, 5) is 15.1. The van der Waals surface area contributed by atoms with Gasteiger partial charge in [0.1, 0.15) is 5.75 Å². The Labute approximate surface area is 154 Å². The second-order valence-corrected chi connectivity index (χ2v) is 7.29. The number of benzene rings is 1. The maximum absolute atomic E-state index is 12.6. The number of hydrogen-bond donors (Lipinski definition) is 1. The Kier molecular flexibility index (Phi) is 6.57. The molecule has 25 heavy (non-hydrogen) atoms. The number of likely N-dealkylation sites (tertiary alicyclic amines) is 1. The Hall–Kier alpha value is -1.30. The fraction of sp³-hybridized carbons (Fsp3) is 0.632. The van der Waals surface area contributed by atoms with Crippen LogP contribution in [0.2, 0.25) is 5.02 Å². The number of amides is 1. The summed E-state index contributed by atoms with van der Waals surface area (Å²) >= 11 is 6.01. The van der Waals surface area contributed by atoms with Gasteiger partial charge in [0.25, 0.3) is 5.91 Å². The van der Waals surface area contributed by atoms with Crippen LogP contribution >= 0.6 is 11.6 Å². The monoisotopic (exact) mass is 366 g/mol. The predicted molar refractivity (Wildman–Crippen MR) is 98.5 cm³/mol. The third kappa shape index (κ3) is 5.09. The third-order valence-corrected chi connectivity index (χ3v) is 5.19.